The Morgan fingerprint density at radius 3 is 1.90 bits per heavy atom. The zero-order valence-electron chi connectivity index (χ0n) is 26.6. The van der Waals surface area contributed by atoms with Gasteiger partial charge in [-0.25, -0.2) is 4.57 Å². The summed E-state index contributed by atoms with van der Waals surface area (Å²) in [5, 5.41) is 0. The predicted octanol–water partition coefficient (Wildman–Crippen LogP) is 7.98. The van der Waals surface area contributed by atoms with Crippen molar-refractivity contribution in [2.24, 2.45) is 0 Å². The molecule has 0 heterocycles. The number of phosphoric acid groups is 1. The summed E-state index contributed by atoms with van der Waals surface area (Å²) in [4.78, 5) is 22.3. The maximum Gasteiger partial charge on any atom is 0.472 e. The first-order valence-electron chi connectivity index (χ1n) is 15.9. The fourth-order valence-corrected chi connectivity index (χ4v) is 4.76. The van der Waals surface area contributed by atoms with Crippen molar-refractivity contribution in [1.29, 1.82) is 0 Å². The summed E-state index contributed by atoms with van der Waals surface area (Å²) >= 11 is 0. The molecule has 238 valence electrons. The Kier molecular flexibility index (Phi) is 25.4. The van der Waals surface area contributed by atoms with Crippen molar-refractivity contribution >= 4 is 13.8 Å². The van der Waals surface area contributed by atoms with Crippen molar-refractivity contribution in [1.82, 2.24) is 0 Å². The smallest absolute Gasteiger partial charge is 0.457 e. The number of rotatable bonds is 29. The number of ether oxygens (including phenoxy) is 2. The van der Waals surface area contributed by atoms with Crippen LogP contribution in [-0.2, 0) is 27.9 Å². The monoisotopic (exact) mass is 592 g/mol. The lowest BCUT2D eigenvalue weighted by molar-refractivity contribution is -0.870. The zero-order chi connectivity index (χ0) is 30.0. The molecule has 0 aliphatic carbocycles. The van der Waals surface area contributed by atoms with Gasteiger partial charge in [-0.15, -0.1) is 0 Å². The van der Waals surface area contributed by atoms with Gasteiger partial charge in [0.2, 0.25) is 0 Å². The van der Waals surface area contributed by atoms with Crippen LogP contribution in [0.1, 0.15) is 123 Å². The third-order valence-corrected chi connectivity index (χ3v) is 7.56. The number of unbranched alkanes of at least 4 members (excludes halogenated alkanes) is 13. The second-order valence-electron chi connectivity index (χ2n) is 11.8. The van der Waals surface area contributed by atoms with Crippen LogP contribution in [-0.4, -0.2) is 75.6 Å². The summed E-state index contributed by atoms with van der Waals surface area (Å²) in [5.74, 6) is -0.335. The highest BCUT2D eigenvalue weighted by atomic mass is 31.2. The van der Waals surface area contributed by atoms with E-state index in [0.717, 1.165) is 38.5 Å². The molecular formula is C31H63NO7P+. The second kappa shape index (κ2) is 25.9. The molecule has 2 unspecified atom stereocenters. The van der Waals surface area contributed by atoms with Crippen LogP contribution in [0.5, 0.6) is 0 Å². The zero-order valence-corrected chi connectivity index (χ0v) is 27.5. The second-order valence-corrected chi connectivity index (χ2v) is 13.3. The van der Waals surface area contributed by atoms with E-state index in [0.29, 0.717) is 24.1 Å². The van der Waals surface area contributed by atoms with Gasteiger partial charge in [0.05, 0.1) is 34.4 Å². The normalized spacial score (nSPS) is 14.4. The first kappa shape index (κ1) is 39.2. The lowest BCUT2D eigenvalue weighted by Gasteiger charge is -2.24. The molecule has 0 rings (SSSR count). The maximum absolute atomic E-state index is 12.3. The maximum atomic E-state index is 12.3. The van der Waals surface area contributed by atoms with Crippen molar-refractivity contribution in [2.45, 2.75) is 129 Å². The molecule has 0 radical (unpaired) electrons. The highest BCUT2D eigenvalue weighted by molar-refractivity contribution is 7.47. The average Bonchev–Trinajstić information content (AvgIpc) is 2.88. The van der Waals surface area contributed by atoms with E-state index in [1.165, 1.54) is 64.2 Å². The van der Waals surface area contributed by atoms with E-state index in [9.17, 15) is 14.3 Å². The molecule has 0 aromatic rings. The molecule has 0 aromatic heterocycles. The van der Waals surface area contributed by atoms with Crippen LogP contribution in [0.4, 0.5) is 0 Å². The molecular weight excluding hydrogens is 529 g/mol. The van der Waals surface area contributed by atoms with Crippen molar-refractivity contribution < 1.29 is 37.3 Å². The molecule has 0 bridgehead atoms. The molecule has 9 heteroatoms. The summed E-state index contributed by atoms with van der Waals surface area (Å²) < 4.78 is 34.4. The first-order chi connectivity index (χ1) is 19.1. The summed E-state index contributed by atoms with van der Waals surface area (Å²) in [6.07, 6.45) is 22.8. The summed E-state index contributed by atoms with van der Waals surface area (Å²) in [7, 11) is 1.66. The Labute approximate surface area is 246 Å². The van der Waals surface area contributed by atoms with Gasteiger partial charge < -0.3 is 18.9 Å². The van der Waals surface area contributed by atoms with Crippen LogP contribution in [0.25, 0.3) is 0 Å². The highest BCUT2D eigenvalue weighted by Gasteiger charge is 2.26. The minimum Gasteiger partial charge on any atom is -0.457 e. The standard InChI is InChI=1S/C31H62NO7P/c1-6-8-10-12-13-14-15-16-17-18-19-20-21-23-26-36-28-30(39-31(33)24-22-11-9-7-2)29-38-40(34,35)37-27-25-32(3,4)5/h14-15,30H,6-13,16-29H2,1-5H3/p+1/b15-14-. The van der Waals surface area contributed by atoms with Gasteiger partial charge in [0.25, 0.3) is 0 Å². The van der Waals surface area contributed by atoms with Crippen molar-refractivity contribution in [3.8, 4) is 0 Å². The number of hydrogen-bond donors (Lipinski definition) is 1. The van der Waals surface area contributed by atoms with Crippen LogP contribution in [0.15, 0.2) is 12.2 Å². The Morgan fingerprint density at radius 2 is 1.30 bits per heavy atom. The summed E-state index contributed by atoms with van der Waals surface area (Å²) in [5.41, 5.74) is 0. The van der Waals surface area contributed by atoms with E-state index in [1.807, 2.05) is 21.1 Å². The molecule has 0 saturated carbocycles. The first-order valence-corrected chi connectivity index (χ1v) is 17.4. The van der Waals surface area contributed by atoms with Gasteiger partial charge in [-0.1, -0.05) is 90.2 Å². The third-order valence-electron chi connectivity index (χ3n) is 6.58. The van der Waals surface area contributed by atoms with Crippen LogP contribution in [0, 0.1) is 0 Å². The van der Waals surface area contributed by atoms with Gasteiger partial charge in [0.15, 0.2) is 0 Å². The Morgan fingerprint density at radius 1 is 0.750 bits per heavy atom. The van der Waals surface area contributed by atoms with Crippen molar-refractivity contribution in [2.75, 3.05) is 54.1 Å². The number of carbonyl (C=O) groups is 1. The quantitative estimate of drug-likeness (QED) is 0.0309. The minimum atomic E-state index is -4.24. The van der Waals surface area contributed by atoms with E-state index in [2.05, 4.69) is 26.0 Å². The Balaban J connectivity index is 4.20. The number of likely N-dealkylation sites (N-methyl/N-ethyl adjacent to an activating group) is 1. The van der Waals surface area contributed by atoms with Gasteiger partial charge >= 0.3 is 13.8 Å². The number of esters is 1. The molecule has 0 amide bonds. The molecule has 0 aromatic carbocycles. The molecule has 8 nitrogen and oxygen atoms in total. The molecule has 0 fully saturated rings. The number of hydrogen-bond acceptors (Lipinski definition) is 6. The number of quaternary nitrogens is 1. The van der Waals surface area contributed by atoms with E-state index >= 15 is 0 Å². The molecule has 0 aliphatic heterocycles. The van der Waals surface area contributed by atoms with Crippen LogP contribution >= 0.6 is 7.82 Å². The van der Waals surface area contributed by atoms with Crippen molar-refractivity contribution in [3.63, 3.8) is 0 Å². The fourth-order valence-electron chi connectivity index (χ4n) is 4.01. The van der Waals surface area contributed by atoms with Crippen LogP contribution in [0.2, 0.25) is 0 Å². The number of nitrogens with zero attached hydrogens (tertiary/aromatic N) is 1. The van der Waals surface area contributed by atoms with Gasteiger partial charge in [-0.2, -0.15) is 0 Å². The average molecular weight is 593 g/mol. The van der Waals surface area contributed by atoms with E-state index in [1.54, 1.807) is 0 Å². The van der Waals surface area contributed by atoms with E-state index < -0.39 is 13.9 Å². The number of phosphoric ester groups is 1. The summed E-state index contributed by atoms with van der Waals surface area (Å²) in [6, 6.07) is 0. The lowest BCUT2D eigenvalue weighted by atomic mass is 10.1. The molecule has 1 N–H and O–H groups in total. The van der Waals surface area contributed by atoms with Crippen molar-refractivity contribution in [3.05, 3.63) is 12.2 Å². The predicted molar refractivity (Wildman–Crippen MR) is 164 cm³/mol. The van der Waals surface area contributed by atoms with E-state index in [-0.39, 0.29) is 25.8 Å². The Hall–Kier alpha value is -0.760. The van der Waals surface area contributed by atoms with Gasteiger partial charge in [0, 0.05) is 13.0 Å². The molecule has 2 atom stereocenters. The summed E-state index contributed by atoms with van der Waals surface area (Å²) in [6.45, 7) is 5.46. The van der Waals surface area contributed by atoms with Crippen LogP contribution in [0.3, 0.4) is 0 Å². The molecule has 0 aliphatic rings. The van der Waals surface area contributed by atoms with Gasteiger partial charge in [-0.05, 0) is 38.5 Å². The molecule has 0 saturated heterocycles. The highest BCUT2D eigenvalue weighted by Crippen LogP contribution is 2.43. The fraction of sp³-hybridized carbons (Fsp3) is 0.903. The minimum absolute atomic E-state index is 0.0888. The molecule has 0 spiro atoms. The SMILES string of the molecule is CCCCCC/C=C\CCCCCCCCOCC(COP(=O)(O)OCC[N+](C)(C)C)OC(=O)CCCCCC. The molecule has 40 heavy (non-hydrogen) atoms. The Bertz CT molecular complexity index is 667. The lowest BCUT2D eigenvalue weighted by Crippen LogP contribution is -2.37. The van der Waals surface area contributed by atoms with Gasteiger partial charge in [0.1, 0.15) is 19.3 Å². The third kappa shape index (κ3) is 28.8. The number of carbonyl (C=O) groups excluding carboxylic acids is 1. The largest absolute Gasteiger partial charge is 0.472 e. The van der Waals surface area contributed by atoms with Crippen LogP contribution < -0.4 is 0 Å². The topological polar surface area (TPSA) is 91.3 Å². The van der Waals surface area contributed by atoms with Gasteiger partial charge in [-0.3, -0.25) is 13.8 Å². The van der Waals surface area contributed by atoms with E-state index in [4.69, 9.17) is 18.5 Å². The number of allylic oxidation sites excluding steroid dienone is 2.